The summed E-state index contributed by atoms with van der Waals surface area (Å²) in [5.41, 5.74) is 1.29. The fourth-order valence-electron chi connectivity index (χ4n) is 4.59. The average molecular weight is 454 g/mol. The van der Waals surface area contributed by atoms with Crippen molar-refractivity contribution in [2.75, 3.05) is 0 Å². The SMILES string of the molecule is C[C@@H]1[C@H]2C[C@@H](Oc3ccc(Br)cn3)[C@H](C2)N1C(=O)c1ccccc1-n1nccn1. The number of para-hydroxylation sites is 1. The first-order valence-corrected chi connectivity index (χ1v) is 10.5. The zero-order valence-corrected chi connectivity index (χ0v) is 17.4. The predicted molar refractivity (Wildman–Crippen MR) is 110 cm³/mol. The number of benzene rings is 1. The van der Waals surface area contributed by atoms with Gasteiger partial charge in [-0.15, -0.1) is 0 Å². The lowest BCUT2D eigenvalue weighted by Gasteiger charge is -2.38. The summed E-state index contributed by atoms with van der Waals surface area (Å²) < 4.78 is 7.08. The van der Waals surface area contributed by atoms with Gasteiger partial charge in [0.2, 0.25) is 5.88 Å². The molecule has 148 valence electrons. The number of ether oxygens (including phenoxy) is 1. The summed E-state index contributed by atoms with van der Waals surface area (Å²) in [6.07, 6.45) is 6.78. The Morgan fingerprint density at radius 3 is 2.66 bits per heavy atom. The van der Waals surface area contributed by atoms with E-state index in [1.807, 2.05) is 41.3 Å². The van der Waals surface area contributed by atoms with Crippen LogP contribution in [0, 0.1) is 5.92 Å². The monoisotopic (exact) mass is 453 g/mol. The Morgan fingerprint density at radius 1 is 1.14 bits per heavy atom. The Morgan fingerprint density at radius 2 is 1.93 bits per heavy atom. The van der Waals surface area contributed by atoms with E-state index in [9.17, 15) is 4.79 Å². The highest BCUT2D eigenvalue weighted by Crippen LogP contribution is 2.44. The lowest BCUT2D eigenvalue weighted by Crippen LogP contribution is -2.51. The Hall–Kier alpha value is -2.74. The number of hydrogen-bond donors (Lipinski definition) is 0. The summed E-state index contributed by atoms with van der Waals surface area (Å²) in [4.78, 5) is 21.4. The van der Waals surface area contributed by atoms with Crippen LogP contribution in [0.1, 0.15) is 30.1 Å². The molecular formula is C21H20BrN5O2. The van der Waals surface area contributed by atoms with E-state index in [1.54, 1.807) is 18.6 Å². The third kappa shape index (κ3) is 3.21. The van der Waals surface area contributed by atoms with Gasteiger partial charge in [-0.1, -0.05) is 12.1 Å². The van der Waals surface area contributed by atoms with Gasteiger partial charge in [-0.25, -0.2) is 4.98 Å². The molecule has 0 spiro atoms. The Bertz CT molecular complexity index is 1020. The first-order chi connectivity index (χ1) is 14.1. The number of fused-ring (bicyclic) bond motifs is 2. The molecular weight excluding hydrogens is 434 g/mol. The molecule has 4 atom stereocenters. The highest BCUT2D eigenvalue weighted by Gasteiger charge is 2.52. The van der Waals surface area contributed by atoms with Crippen LogP contribution in [-0.2, 0) is 0 Å². The van der Waals surface area contributed by atoms with Crippen molar-refractivity contribution in [2.24, 2.45) is 5.92 Å². The van der Waals surface area contributed by atoms with Gasteiger partial charge in [0.05, 0.1) is 29.7 Å². The second kappa shape index (κ2) is 7.26. The van der Waals surface area contributed by atoms with E-state index in [-0.39, 0.29) is 24.1 Å². The van der Waals surface area contributed by atoms with Crippen molar-refractivity contribution in [1.29, 1.82) is 0 Å². The lowest BCUT2D eigenvalue weighted by molar-refractivity contribution is 0.0314. The van der Waals surface area contributed by atoms with Crippen molar-refractivity contribution in [3.05, 3.63) is 65.0 Å². The molecule has 0 unspecified atom stereocenters. The van der Waals surface area contributed by atoms with Crippen LogP contribution in [0.25, 0.3) is 5.69 Å². The van der Waals surface area contributed by atoms with Crippen molar-refractivity contribution < 1.29 is 9.53 Å². The smallest absolute Gasteiger partial charge is 0.256 e. The number of carbonyl (C=O) groups is 1. The molecule has 1 saturated carbocycles. The van der Waals surface area contributed by atoms with Crippen molar-refractivity contribution in [3.63, 3.8) is 0 Å². The molecule has 29 heavy (non-hydrogen) atoms. The molecule has 3 heterocycles. The first-order valence-electron chi connectivity index (χ1n) is 9.68. The van der Waals surface area contributed by atoms with E-state index in [0.29, 0.717) is 23.0 Å². The average Bonchev–Trinajstić information content (AvgIpc) is 3.46. The van der Waals surface area contributed by atoms with E-state index in [1.165, 1.54) is 4.80 Å². The Labute approximate surface area is 176 Å². The van der Waals surface area contributed by atoms with Crippen LogP contribution in [0.3, 0.4) is 0 Å². The molecule has 0 radical (unpaired) electrons. The Kier molecular flexibility index (Phi) is 4.58. The molecule has 1 amide bonds. The highest BCUT2D eigenvalue weighted by molar-refractivity contribution is 9.10. The third-order valence-electron chi connectivity index (χ3n) is 5.96. The number of hydrogen-bond acceptors (Lipinski definition) is 5. The molecule has 1 aromatic carbocycles. The quantitative estimate of drug-likeness (QED) is 0.604. The molecule has 1 saturated heterocycles. The number of halogens is 1. The van der Waals surface area contributed by atoms with Crippen molar-refractivity contribution in [3.8, 4) is 11.6 Å². The predicted octanol–water partition coefficient (Wildman–Crippen LogP) is 3.50. The van der Waals surface area contributed by atoms with Crippen molar-refractivity contribution in [1.82, 2.24) is 24.9 Å². The zero-order valence-electron chi connectivity index (χ0n) is 15.9. The van der Waals surface area contributed by atoms with E-state index < -0.39 is 0 Å². The summed E-state index contributed by atoms with van der Waals surface area (Å²) in [6, 6.07) is 11.4. The topological polar surface area (TPSA) is 73.1 Å². The zero-order chi connectivity index (χ0) is 20.0. The van der Waals surface area contributed by atoms with Gasteiger partial charge in [-0.2, -0.15) is 15.0 Å². The van der Waals surface area contributed by atoms with Crippen LogP contribution in [0.15, 0.2) is 59.5 Å². The molecule has 3 aromatic rings. The minimum atomic E-state index is -0.0520. The molecule has 7 nitrogen and oxygen atoms in total. The number of piperidine rings is 1. The van der Waals surface area contributed by atoms with E-state index in [2.05, 4.69) is 38.0 Å². The largest absolute Gasteiger partial charge is 0.472 e. The normalized spacial score (nSPS) is 25.4. The van der Waals surface area contributed by atoms with Gasteiger partial charge in [0.15, 0.2) is 0 Å². The molecule has 2 aromatic heterocycles. The minimum absolute atomic E-state index is 0.00466. The van der Waals surface area contributed by atoms with Crippen molar-refractivity contribution in [2.45, 2.75) is 38.0 Å². The van der Waals surface area contributed by atoms with Crippen molar-refractivity contribution >= 4 is 21.8 Å². The first kappa shape index (κ1) is 18.3. The number of aromatic nitrogens is 4. The van der Waals surface area contributed by atoms with Crippen LogP contribution < -0.4 is 4.74 Å². The van der Waals surface area contributed by atoms with Gasteiger partial charge in [-0.05, 0) is 59.8 Å². The second-order valence-electron chi connectivity index (χ2n) is 7.56. The molecule has 2 bridgehead atoms. The van der Waals surface area contributed by atoms with Gasteiger partial charge in [0, 0.05) is 22.8 Å². The van der Waals surface area contributed by atoms with Gasteiger partial charge in [-0.3, -0.25) is 4.79 Å². The Balaban J connectivity index is 1.42. The van der Waals surface area contributed by atoms with Crippen LogP contribution in [0.2, 0.25) is 0 Å². The van der Waals surface area contributed by atoms with Crippen LogP contribution in [-0.4, -0.2) is 49.0 Å². The third-order valence-corrected chi connectivity index (χ3v) is 6.43. The van der Waals surface area contributed by atoms with Gasteiger partial charge < -0.3 is 9.64 Å². The minimum Gasteiger partial charge on any atom is -0.472 e. The number of likely N-dealkylation sites (tertiary alicyclic amines) is 1. The summed E-state index contributed by atoms with van der Waals surface area (Å²) in [5, 5.41) is 8.40. The molecule has 0 N–H and O–H groups in total. The van der Waals surface area contributed by atoms with Crippen LogP contribution in [0.4, 0.5) is 0 Å². The second-order valence-corrected chi connectivity index (χ2v) is 8.47. The van der Waals surface area contributed by atoms with E-state index in [4.69, 9.17) is 4.74 Å². The van der Waals surface area contributed by atoms with E-state index >= 15 is 0 Å². The summed E-state index contributed by atoms with van der Waals surface area (Å²) in [6.45, 7) is 2.13. The molecule has 5 rings (SSSR count). The number of amides is 1. The summed E-state index contributed by atoms with van der Waals surface area (Å²) in [7, 11) is 0. The maximum Gasteiger partial charge on any atom is 0.256 e. The number of nitrogens with zero attached hydrogens (tertiary/aromatic N) is 5. The summed E-state index contributed by atoms with van der Waals surface area (Å²) in [5.74, 6) is 1.02. The highest BCUT2D eigenvalue weighted by atomic mass is 79.9. The number of carbonyl (C=O) groups excluding carboxylic acids is 1. The lowest BCUT2D eigenvalue weighted by atomic mass is 9.98. The molecule has 1 aliphatic carbocycles. The van der Waals surface area contributed by atoms with Crippen LogP contribution >= 0.6 is 15.9 Å². The molecule has 2 fully saturated rings. The van der Waals surface area contributed by atoms with Gasteiger partial charge in [0.25, 0.3) is 5.91 Å². The van der Waals surface area contributed by atoms with Gasteiger partial charge in [0.1, 0.15) is 6.10 Å². The molecule has 8 heteroatoms. The van der Waals surface area contributed by atoms with Crippen LogP contribution in [0.5, 0.6) is 5.88 Å². The summed E-state index contributed by atoms with van der Waals surface area (Å²) >= 11 is 3.39. The maximum atomic E-state index is 13.6. The van der Waals surface area contributed by atoms with E-state index in [0.717, 1.165) is 17.3 Å². The number of rotatable bonds is 4. The number of pyridine rings is 1. The molecule has 1 aliphatic heterocycles. The fraction of sp³-hybridized carbons (Fsp3) is 0.333. The molecule has 2 aliphatic rings. The maximum absolute atomic E-state index is 13.6. The standard InChI is InChI=1S/C21H20BrN5O2/c1-13-14-10-18(19(11-14)29-20-7-6-15(22)12-23-20)26(13)21(28)16-4-2-3-5-17(16)27-24-8-9-25-27/h2-9,12-14,18-19H,10-11H2,1H3/t13-,14-,18+,19-/m1/s1. The van der Waals surface area contributed by atoms with Gasteiger partial charge >= 0.3 is 0 Å². The fourth-order valence-corrected chi connectivity index (χ4v) is 4.82.